The maximum atomic E-state index is 12.2. The highest BCUT2D eigenvalue weighted by molar-refractivity contribution is 5.94. The van der Waals surface area contributed by atoms with Crippen LogP contribution >= 0.6 is 0 Å². The first-order valence-corrected chi connectivity index (χ1v) is 14.3. The van der Waals surface area contributed by atoms with Crippen LogP contribution in [-0.2, 0) is 28.5 Å². The monoisotopic (exact) mass is 570 g/mol. The molecule has 41 heavy (non-hydrogen) atoms. The molecule has 0 aliphatic carbocycles. The topological polar surface area (TPSA) is 89.5 Å². The number of aryl methyl sites for hydroxylation is 1. The molecule has 2 aromatic carbocycles. The molecule has 0 saturated heterocycles. The molecule has 0 aromatic heterocycles. The van der Waals surface area contributed by atoms with Crippen molar-refractivity contribution in [3.63, 3.8) is 0 Å². The number of hydrogen-bond acceptors (Lipinski definition) is 8. The second-order valence-corrected chi connectivity index (χ2v) is 10.2. The van der Waals surface area contributed by atoms with Gasteiger partial charge in [0.05, 0.1) is 13.2 Å². The van der Waals surface area contributed by atoms with E-state index in [0.29, 0.717) is 35.9 Å². The van der Waals surface area contributed by atoms with Crippen molar-refractivity contribution < 1.29 is 38.0 Å². The molecule has 8 heteroatoms. The van der Waals surface area contributed by atoms with Crippen molar-refractivity contribution in [3.05, 3.63) is 60.2 Å². The van der Waals surface area contributed by atoms with Crippen molar-refractivity contribution in [2.75, 3.05) is 39.6 Å². The van der Waals surface area contributed by atoms with Gasteiger partial charge in [-0.3, -0.25) is 0 Å². The molecule has 0 amide bonds. The zero-order chi connectivity index (χ0) is 30.2. The van der Waals surface area contributed by atoms with Crippen LogP contribution in [-0.4, -0.2) is 63.8 Å². The van der Waals surface area contributed by atoms with E-state index in [2.05, 4.69) is 27.0 Å². The van der Waals surface area contributed by atoms with Gasteiger partial charge in [-0.2, -0.15) is 0 Å². The fourth-order valence-electron chi connectivity index (χ4n) is 3.75. The van der Waals surface area contributed by atoms with Gasteiger partial charge < -0.3 is 28.4 Å². The number of unbranched alkanes of at least 4 members (excludes halogenated alkanes) is 2. The average molecular weight is 571 g/mol. The summed E-state index contributed by atoms with van der Waals surface area (Å²) >= 11 is 0. The maximum absolute atomic E-state index is 12.2. The molecule has 2 rings (SSSR count). The molecular weight excluding hydrogens is 524 g/mol. The molecule has 2 unspecified atom stereocenters. The molecule has 0 spiro atoms. The number of hydrogen-bond donors (Lipinski definition) is 0. The van der Waals surface area contributed by atoms with Gasteiger partial charge >= 0.3 is 11.9 Å². The van der Waals surface area contributed by atoms with Gasteiger partial charge in [0.2, 0.25) is 0 Å². The Morgan fingerprint density at radius 3 is 1.78 bits per heavy atom. The Morgan fingerprint density at radius 1 is 0.732 bits per heavy atom. The Balaban J connectivity index is 2.20. The highest BCUT2D eigenvalue weighted by Gasteiger charge is 2.20. The van der Waals surface area contributed by atoms with E-state index in [1.165, 1.54) is 0 Å². The first-order valence-electron chi connectivity index (χ1n) is 14.3. The average Bonchev–Trinajstić information content (AvgIpc) is 2.94. The lowest BCUT2D eigenvalue weighted by Crippen LogP contribution is -2.30. The Hall–Kier alpha value is -3.36. The first kappa shape index (κ1) is 33.8. The molecule has 8 nitrogen and oxygen atoms in total. The minimum atomic E-state index is -0.596. The molecule has 0 N–H and O–H groups in total. The van der Waals surface area contributed by atoms with Gasteiger partial charge in [0.15, 0.2) is 12.2 Å². The van der Waals surface area contributed by atoms with E-state index in [0.717, 1.165) is 42.0 Å². The normalized spacial score (nSPS) is 12.4. The van der Waals surface area contributed by atoms with Crippen LogP contribution < -0.4 is 9.47 Å². The number of ether oxygens (including phenoxy) is 6. The minimum Gasteiger partial charge on any atom is -0.489 e. The highest BCUT2D eigenvalue weighted by Crippen LogP contribution is 2.35. The standard InChI is InChI=1S/C33H46O8/c1-8-10-17-36-19-26(40-32(34)23(3)4)21-38-30-14-12-13-29-28(30)16-15-25(7)31(29)39-22-27(20-37-18-11-9-2)41-33(35)24(5)6/h12-16,26-27H,3,5,8-11,17-22H2,1-2,4,6-7H3. The van der Waals surface area contributed by atoms with Crippen LogP contribution in [0.4, 0.5) is 0 Å². The lowest BCUT2D eigenvalue weighted by atomic mass is 10.1. The summed E-state index contributed by atoms with van der Waals surface area (Å²) in [5.41, 5.74) is 1.55. The van der Waals surface area contributed by atoms with Crippen molar-refractivity contribution in [2.24, 2.45) is 0 Å². The summed E-state index contributed by atoms with van der Waals surface area (Å²) in [5, 5.41) is 1.67. The quantitative estimate of drug-likeness (QED) is 0.101. The fraction of sp³-hybridized carbons (Fsp3) is 0.515. The Labute approximate surface area is 244 Å². The van der Waals surface area contributed by atoms with Gasteiger partial charge in [-0.05, 0) is 45.2 Å². The number of rotatable bonds is 20. The van der Waals surface area contributed by atoms with Crippen LogP contribution in [0.15, 0.2) is 54.6 Å². The van der Waals surface area contributed by atoms with E-state index in [1.54, 1.807) is 13.8 Å². The van der Waals surface area contributed by atoms with Crippen molar-refractivity contribution in [2.45, 2.75) is 72.5 Å². The summed E-state index contributed by atoms with van der Waals surface area (Å²) in [6, 6.07) is 9.60. The molecule has 0 saturated carbocycles. The SMILES string of the molecule is C=C(C)C(=O)OC(COCCCC)COc1cccc2c(OCC(COCCCC)OC(=O)C(=C)C)c(C)ccc12. The summed E-state index contributed by atoms with van der Waals surface area (Å²) in [5.74, 6) is 0.308. The Morgan fingerprint density at radius 2 is 1.27 bits per heavy atom. The second-order valence-electron chi connectivity index (χ2n) is 10.2. The smallest absolute Gasteiger partial charge is 0.333 e. The molecule has 0 radical (unpaired) electrons. The molecule has 0 bridgehead atoms. The minimum absolute atomic E-state index is 0.113. The number of esters is 2. The van der Waals surface area contributed by atoms with E-state index >= 15 is 0 Å². The number of carbonyl (C=O) groups excluding carboxylic acids is 2. The number of fused-ring (bicyclic) bond motifs is 1. The summed E-state index contributed by atoms with van der Waals surface area (Å²) < 4.78 is 35.0. The van der Waals surface area contributed by atoms with Crippen molar-refractivity contribution >= 4 is 22.7 Å². The van der Waals surface area contributed by atoms with Gasteiger partial charge in [-0.1, -0.05) is 64.1 Å². The lowest BCUT2D eigenvalue weighted by molar-refractivity contribution is -0.150. The predicted octanol–water partition coefficient (Wildman–Crippen LogP) is 6.52. The highest BCUT2D eigenvalue weighted by atomic mass is 16.6. The van der Waals surface area contributed by atoms with Gasteiger partial charge in [0, 0.05) is 35.1 Å². The predicted molar refractivity (Wildman–Crippen MR) is 161 cm³/mol. The summed E-state index contributed by atoms with van der Waals surface area (Å²) in [7, 11) is 0. The van der Waals surface area contributed by atoms with Crippen LogP contribution in [0.1, 0.15) is 58.9 Å². The Kier molecular flexibility index (Phi) is 15.0. The number of carbonyl (C=O) groups is 2. The second kappa shape index (κ2) is 18.1. The molecule has 226 valence electrons. The third kappa shape index (κ3) is 11.6. The number of benzene rings is 2. The molecule has 0 aliphatic heterocycles. The molecule has 0 aliphatic rings. The van der Waals surface area contributed by atoms with Crippen LogP contribution in [0.25, 0.3) is 10.8 Å². The van der Waals surface area contributed by atoms with E-state index in [4.69, 9.17) is 28.4 Å². The summed E-state index contributed by atoms with van der Waals surface area (Å²) in [6.45, 7) is 18.5. The van der Waals surface area contributed by atoms with Gasteiger partial charge in [0.25, 0.3) is 0 Å². The molecular formula is C33H46O8. The Bertz CT molecular complexity index is 1160. The van der Waals surface area contributed by atoms with Crippen LogP contribution in [0, 0.1) is 6.92 Å². The summed E-state index contributed by atoms with van der Waals surface area (Å²) in [6.07, 6.45) is 2.67. The fourth-order valence-corrected chi connectivity index (χ4v) is 3.75. The van der Waals surface area contributed by atoms with Crippen molar-refractivity contribution in [1.29, 1.82) is 0 Å². The zero-order valence-electron chi connectivity index (χ0n) is 25.3. The van der Waals surface area contributed by atoms with E-state index in [9.17, 15) is 9.59 Å². The van der Waals surface area contributed by atoms with E-state index in [1.807, 2.05) is 37.3 Å². The third-order valence-corrected chi connectivity index (χ3v) is 6.14. The molecule has 2 atom stereocenters. The lowest BCUT2D eigenvalue weighted by Gasteiger charge is -2.21. The van der Waals surface area contributed by atoms with Gasteiger partial charge in [0.1, 0.15) is 24.7 Å². The zero-order valence-corrected chi connectivity index (χ0v) is 25.3. The summed E-state index contributed by atoms with van der Waals surface area (Å²) in [4.78, 5) is 24.4. The largest absolute Gasteiger partial charge is 0.489 e. The molecule has 2 aromatic rings. The molecule has 0 fully saturated rings. The van der Waals surface area contributed by atoms with Crippen LogP contribution in [0.5, 0.6) is 11.5 Å². The van der Waals surface area contributed by atoms with Crippen LogP contribution in [0.3, 0.4) is 0 Å². The van der Waals surface area contributed by atoms with Crippen molar-refractivity contribution in [3.8, 4) is 11.5 Å². The van der Waals surface area contributed by atoms with Crippen LogP contribution in [0.2, 0.25) is 0 Å². The van der Waals surface area contributed by atoms with Gasteiger partial charge in [-0.25, -0.2) is 9.59 Å². The van der Waals surface area contributed by atoms with Crippen molar-refractivity contribution in [1.82, 2.24) is 0 Å². The maximum Gasteiger partial charge on any atom is 0.333 e. The van der Waals surface area contributed by atoms with E-state index < -0.39 is 24.1 Å². The third-order valence-electron chi connectivity index (χ3n) is 6.14. The molecule has 0 heterocycles. The van der Waals surface area contributed by atoms with E-state index in [-0.39, 0.29) is 26.4 Å². The van der Waals surface area contributed by atoms with Gasteiger partial charge in [-0.15, -0.1) is 0 Å². The first-order chi connectivity index (χ1) is 19.7.